The average molecular weight is 222 g/mol. The molecule has 1 aromatic heterocycles. The van der Waals surface area contributed by atoms with E-state index in [0.717, 1.165) is 12.1 Å². The highest BCUT2D eigenvalue weighted by molar-refractivity contribution is 5.91. The summed E-state index contributed by atoms with van der Waals surface area (Å²) >= 11 is 0. The Morgan fingerprint density at radius 2 is 2.12 bits per heavy atom. The Balaban J connectivity index is 3.02. The van der Waals surface area contributed by atoms with Crippen LogP contribution in [0.25, 0.3) is 0 Å². The number of hydrogen-bond donors (Lipinski definition) is 2. The molecular formula is C12H18N2O2. The van der Waals surface area contributed by atoms with E-state index in [1.165, 1.54) is 0 Å². The van der Waals surface area contributed by atoms with Crippen molar-refractivity contribution < 1.29 is 4.79 Å². The first kappa shape index (κ1) is 12.5. The lowest BCUT2D eigenvalue weighted by atomic mass is 10.1. The predicted octanol–water partition coefficient (Wildman–Crippen LogP) is 1.98. The van der Waals surface area contributed by atoms with Crippen molar-refractivity contribution in [1.82, 2.24) is 4.98 Å². The van der Waals surface area contributed by atoms with E-state index in [0.29, 0.717) is 24.1 Å². The number of pyridine rings is 1. The van der Waals surface area contributed by atoms with Crippen LogP contribution in [-0.2, 0) is 11.2 Å². The van der Waals surface area contributed by atoms with Gasteiger partial charge in [-0.3, -0.25) is 9.59 Å². The van der Waals surface area contributed by atoms with Crippen LogP contribution in [0.4, 0.5) is 5.69 Å². The number of nitrogens with one attached hydrogen (secondary N) is 2. The largest absolute Gasteiger partial charge is 0.326 e. The third-order valence-electron chi connectivity index (χ3n) is 2.38. The fraction of sp³-hybridized carbons (Fsp3) is 0.500. The van der Waals surface area contributed by atoms with Crippen LogP contribution in [-0.4, -0.2) is 10.9 Å². The highest BCUT2D eigenvalue weighted by Gasteiger charge is 2.09. The van der Waals surface area contributed by atoms with Crippen LogP contribution in [0.2, 0.25) is 0 Å². The molecule has 0 unspecified atom stereocenters. The van der Waals surface area contributed by atoms with Crippen molar-refractivity contribution in [2.75, 3.05) is 5.32 Å². The summed E-state index contributed by atoms with van der Waals surface area (Å²) < 4.78 is 0. The Labute approximate surface area is 95.1 Å². The highest BCUT2D eigenvalue weighted by Crippen LogP contribution is 2.13. The first-order valence-corrected chi connectivity index (χ1v) is 5.61. The molecule has 0 aliphatic heterocycles. The second-order valence-electron chi connectivity index (χ2n) is 3.83. The molecule has 0 atom stereocenters. The van der Waals surface area contributed by atoms with E-state index in [1.54, 1.807) is 13.0 Å². The quantitative estimate of drug-likeness (QED) is 0.818. The van der Waals surface area contributed by atoms with Gasteiger partial charge >= 0.3 is 0 Å². The Hall–Kier alpha value is -1.58. The van der Waals surface area contributed by atoms with Crippen LogP contribution < -0.4 is 10.9 Å². The van der Waals surface area contributed by atoms with Crippen molar-refractivity contribution >= 4 is 11.6 Å². The first-order valence-electron chi connectivity index (χ1n) is 5.61. The van der Waals surface area contributed by atoms with Crippen LogP contribution in [0.5, 0.6) is 0 Å². The van der Waals surface area contributed by atoms with Crippen LogP contribution in [0.15, 0.2) is 10.9 Å². The molecule has 88 valence electrons. The minimum absolute atomic E-state index is 0.0396. The summed E-state index contributed by atoms with van der Waals surface area (Å²) in [5.41, 5.74) is 1.92. The summed E-state index contributed by atoms with van der Waals surface area (Å²) in [6, 6.07) is 1.80. The highest BCUT2D eigenvalue weighted by atomic mass is 16.1. The zero-order valence-corrected chi connectivity index (χ0v) is 10.0. The van der Waals surface area contributed by atoms with E-state index < -0.39 is 0 Å². The molecule has 2 N–H and O–H groups in total. The van der Waals surface area contributed by atoms with Crippen molar-refractivity contribution in [2.45, 2.75) is 40.0 Å². The van der Waals surface area contributed by atoms with Gasteiger partial charge in [0.25, 0.3) is 5.56 Å². The van der Waals surface area contributed by atoms with Crippen LogP contribution in [0.1, 0.15) is 37.9 Å². The number of carbonyl (C=O) groups excluding carboxylic acids is 1. The number of amides is 1. The Morgan fingerprint density at radius 1 is 1.44 bits per heavy atom. The molecule has 1 amide bonds. The summed E-state index contributed by atoms with van der Waals surface area (Å²) in [5.74, 6) is -0.0396. The number of carbonyl (C=O) groups is 1. The average Bonchev–Trinajstić information content (AvgIpc) is 2.17. The molecule has 0 fully saturated rings. The van der Waals surface area contributed by atoms with Crippen LogP contribution in [0.3, 0.4) is 0 Å². The molecule has 1 rings (SSSR count). The maximum Gasteiger partial charge on any atom is 0.253 e. The smallest absolute Gasteiger partial charge is 0.253 e. The number of aryl methyl sites for hydroxylation is 1. The second-order valence-corrected chi connectivity index (χ2v) is 3.83. The monoisotopic (exact) mass is 222 g/mol. The molecule has 0 aromatic carbocycles. The molecule has 0 spiro atoms. The van der Waals surface area contributed by atoms with Gasteiger partial charge in [0, 0.05) is 17.7 Å². The third kappa shape index (κ3) is 2.95. The Morgan fingerprint density at radius 3 is 2.69 bits per heavy atom. The molecule has 0 saturated carbocycles. The summed E-state index contributed by atoms with van der Waals surface area (Å²) in [5, 5.41) is 2.79. The van der Waals surface area contributed by atoms with E-state index in [2.05, 4.69) is 10.3 Å². The topological polar surface area (TPSA) is 62.0 Å². The lowest BCUT2D eigenvalue weighted by Gasteiger charge is -2.09. The number of hydrogen-bond acceptors (Lipinski definition) is 2. The first-order chi connectivity index (χ1) is 7.58. The summed E-state index contributed by atoms with van der Waals surface area (Å²) in [6.45, 7) is 5.65. The zero-order valence-electron chi connectivity index (χ0n) is 10.0. The minimum atomic E-state index is -0.116. The van der Waals surface area contributed by atoms with E-state index in [1.807, 2.05) is 13.8 Å². The van der Waals surface area contributed by atoms with Crippen LogP contribution in [0, 0.1) is 6.92 Å². The fourth-order valence-electron chi connectivity index (χ4n) is 1.62. The van der Waals surface area contributed by atoms with Crippen LogP contribution >= 0.6 is 0 Å². The number of anilines is 1. The van der Waals surface area contributed by atoms with Gasteiger partial charge in [-0.2, -0.15) is 0 Å². The lowest BCUT2D eigenvalue weighted by Crippen LogP contribution is -2.19. The predicted molar refractivity (Wildman–Crippen MR) is 64.7 cm³/mol. The van der Waals surface area contributed by atoms with E-state index in [9.17, 15) is 9.59 Å². The van der Waals surface area contributed by atoms with Gasteiger partial charge < -0.3 is 10.3 Å². The van der Waals surface area contributed by atoms with E-state index in [-0.39, 0.29) is 11.5 Å². The number of aromatic nitrogens is 1. The molecule has 4 nitrogen and oxygen atoms in total. The summed E-state index contributed by atoms with van der Waals surface area (Å²) in [7, 11) is 0. The third-order valence-corrected chi connectivity index (χ3v) is 2.38. The van der Waals surface area contributed by atoms with Crippen molar-refractivity contribution in [3.8, 4) is 0 Å². The molecule has 0 bridgehead atoms. The zero-order chi connectivity index (χ0) is 12.1. The van der Waals surface area contributed by atoms with Crippen molar-refractivity contribution in [2.24, 2.45) is 0 Å². The van der Waals surface area contributed by atoms with Gasteiger partial charge in [-0.15, -0.1) is 0 Å². The summed E-state index contributed by atoms with van der Waals surface area (Å²) in [4.78, 5) is 25.8. The Kier molecular flexibility index (Phi) is 4.28. The van der Waals surface area contributed by atoms with Gasteiger partial charge in [-0.05, 0) is 25.8 Å². The Bertz CT molecular complexity index is 435. The molecular weight excluding hydrogens is 204 g/mol. The van der Waals surface area contributed by atoms with Crippen molar-refractivity contribution in [3.05, 3.63) is 27.7 Å². The van der Waals surface area contributed by atoms with Gasteiger partial charge in [-0.25, -0.2) is 0 Å². The normalized spacial score (nSPS) is 10.2. The standard InChI is InChI=1S/C12H18N2O2/c1-4-6-11(15)14-10-7-8(3)13-12(16)9(10)5-2/h7H,4-6H2,1-3H3,(H2,13,14,15,16). The molecule has 1 aromatic rings. The number of rotatable bonds is 4. The van der Waals surface area contributed by atoms with Gasteiger partial charge in [0.1, 0.15) is 0 Å². The minimum Gasteiger partial charge on any atom is -0.326 e. The van der Waals surface area contributed by atoms with Gasteiger partial charge in [0.15, 0.2) is 0 Å². The lowest BCUT2D eigenvalue weighted by molar-refractivity contribution is -0.116. The SMILES string of the molecule is CCCC(=O)Nc1cc(C)[nH]c(=O)c1CC. The van der Waals surface area contributed by atoms with E-state index >= 15 is 0 Å². The molecule has 0 saturated heterocycles. The van der Waals surface area contributed by atoms with Gasteiger partial charge in [-0.1, -0.05) is 13.8 Å². The molecule has 0 aliphatic rings. The van der Waals surface area contributed by atoms with Crippen molar-refractivity contribution in [3.63, 3.8) is 0 Å². The maximum atomic E-state index is 11.6. The summed E-state index contributed by atoms with van der Waals surface area (Å²) in [6.07, 6.45) is 1.89. The molecule has 4 heteroatoms. The number of aromatic amines is 1. The van der Waals surface area contributed by atoms with E-state index in [4.69, 9.17) is 0 Å². The maximum absolute atomic E-state index is 11.6. The fourth-order valence-corrected chi connectivity index (χ4v) is 1.62. The van der Waals surface area contributed by atoms with Gasteiger partial charge in [0.05, 0.1) is 5.69 Å². The molecule has 0 aliphatic carbocycles. The molecule has 1 heterocycles. The van der Waals surface area contributed by atoms with Gasteiger partial charge in [0.2, 0.25) is 5.91 Å². The molecule has 0 radical (unpaired) electrons. The molecule has 16 heavy (non-hydrogen) atoms. The van der Waals surface area contributed by atoms with Crippen molar-refractivity contribution in [1.29, 1.82) is 0 Å². The second kappa shape index (κ2) is 5.49. The number of H-pyrrole nitrogens is 1.